The molecule has 0 bridgehead atoms. The summed E-state index contributed by atoms with van der Waals surface area (Å²) >= 11 is 0. The first-order valence-corrected chi connectivity index (χ1v) is 4.61. The van der Waals surface area contributed by atoms with Crippen molar-refractivity contribution in [1.29, 1.82) is 5.26 Å². The van der Waals surface area contributed by atoms with Crippen LogP contribution in [0.2, 0.25) is 0 Å². The Hall–Kier alpha value is -2.68. The first-order chi connectivity index (χ1) is 8.08. The Bertz CT molecular complexity index is 511. The Labute approximate surface area is 96.9 Å². The van der Waals surface area contributed by atoms with Gasteiger partial charge in [-0.2, -0.15) is 5.26 Å². The number of benzene rings is 1. The highest BCUT2D eigenvalue weighted by Crippen LogP contribution is 2.13. The van der Waals surface area contributed by atoms with E-state index < -0.39 is 10.9 Å². The summed E-state index contributed by atoms with van der Waals surface area (Å²) in [6.07, 6.45) is 1.35. The molecular weight excluding hydrogens is 224 g/mol. The monoisotopic (exact) mass is 232 g/mol. The van der Waals surface area contributed by atoms with Gasteiger partial charge in [-0.15, -0.1) is 0 Å². The fourth-order valence-electron chi connectivity index (χ4n) is 1.02. The Morgan fingerprint density at radius 3 is 2.47 bits per heavy atom. The van der Waals surface area contributed by atoms with Crippen LogP contribution in [0, 0.1) is 21.4 Å². The normalized spacial score (nSPS) is 10.5. The first kappa shape index (κ1) is 12.4. The second-order valence-corrected chi connectivity index (χ2v) is 2.96. The molecule has 0 aliphatic rings. The molecule has 0 heterocycles. The molecule has 0 unspecified atom stereocenters. The average molecular weight is 232 g/mol. The summed E-state index contributed by atoms with van der Waals surface area (Å²) in [4.78, 5) is 21.3. The van der Waals surface area contributed by atoms with Crippen molar-refractivity contribution in [3.63, 3.8) is 0 Å². The van der Waals surface area contributed by atoms with E-state index in [-0.39, 0.29) is 17.0 Å². The van der Waals surface area contributed by atoms with Crippen LogP contribution in [0.3, 0.4) is 0 Å². The van der Waals surface area contributed by atoms with Gasteiger partial charge in [0, 0.05) is 12.1 Å². The Kier molecular flexibility index (Phi) is 3.95. The van der Waals surface area contributed by atoms with Gasteiger partial charge >= 0.3 is 5.97 Å². The van der Waals surface area contributed by atoms with Crippen LogP contribution in [0.25, 0.3) is 0 Å². The molecule has 86 valence electrons. The van der Waals surface area contributed by atoms with E-state index in [0.29, 0.717) is 0 Å². The quantitative estimate of drug-likeness (QED) is 0.262. The molecule has 17 heavy (non-hydrogen) atoms. The second-order valence-electron chi connectivity index (χ2n) is 2.96. The number of nitriles is 1. The predicted molar refractivity (Wildman–Crippen MR) is 57.9 cm³/mol. The van der Waals surface area contributed by atoms with Crippen molar-refractivity contribution in [2.24, 2.45) is 0 Å². The van der Waals surface area contributed by atoms with Gasteiger partial charge < -0.3 is 4.74 Å². The third-order valence-corrected chi connectivity index (χ3v) is 1.89. The second kappa shape index (κ2) is 5.42. The van der Waals surface area contributed by atoms with Crippen molar-refractivity contribution in [2.45, 2.75) is 6.92 Å². The zero-order valence-corrected chi connectivity index (χ0v) is 8.91. The predicted octanol–water partition coefficient (Wildman–Crippen LogP) is 2.18. The minimum Gasteiger partial charge on any atom is -0.412 e. The Morgan fingerprint density at radius 1 is 1.47 bits per heavy atom. The van der Waals surface area contributed by atoms with Crippen LogP contribution < -0.4 is 0 Å². The van der Waals surface area contributed by atoms with Crippen molar-refractivity contribution in [3.8, 4) is 6.07 Å². The lowest BCUT2D eigenvalue weighted by molar-refractivity contribution is -0.384. The maximum atomic E-state index is 11.5. The maximum Gasteiger partial charge on any atom is 0.344 e. The van der Waals surface area contributed by atoms with Gasteiger partial charge in [0.1, 0.15) is 6.07 Å². The number of hydrogen-bond donors (Lipinski definition) is 0. The van der Waals surface area contributed by atoms with Crippen LogP contribution in [-0.4, -0.2) is 10.9 Å². The number of non-ortho nitro benzene ring substituents is 1. The Morgan fingerprint density at radius 2 is 2.06 bits per heavy atom. The van der Waals surface area contributed by atoms with Gasteiger partial charge in [-0.05, 0) is 25.1 Å². The van der Waals surface area contributed by atoms with Crippen LogP contribution >= 0.6 is 0 Å². The largest absolute Gasteiger partial charge is 0.412 e. The number of carbonyl (C=O) groups is 1. The van der Waals surface area contributed by atoms with Crippen LogP contribution in [0.4, 0.5) is 5.69 Å². The van der Waals surface area contributed by atoms with Crippen molar-refractivity contribution in [1.82, 2.24) is 0 Å². The highest BCUT2D eigenvalue weighted by atomic mass is 16.6. The van der Waals surface area contributed by atoms with E-state index in [4.69, 9.17) is 10.00 Å². The highest BCUT2D eigenvalue weighted by Gasteiger charge is 2.11. The van der Waals surface area contributed by atoms with Crippen molar-refractivity contribution < 1.29 is 14.5 Å². The maximum absolute atomic E-state index is 11.5. The lowest BCUT2D eigenvalue weighted by Crippen LogP contribution is -2.04. The van der Waals surface area contributed by atoms with Crippen molar-refractivity contribution in [2.75, 3.05) is 0 Å². The number of nitro benzene ring substituents is 1. The van der Waals surface area contributed by atoms with Crippen LogP contribution in [0.1, 0.15) is 17.3 Å². The van der Waals surface area contributed by atoms with Crippen LogP contribution in [0.5, 0.6) is 0 Å². The molecule has 1 rings (SSSR count). The fraction of sp³-hybridized carbons (Fsp3) is 0.0909. The van der Waals surface area contributed by atoms with E-state index in [0.717, 1.165) is 0 Å². The third-order valence-electron chi connectivity index (χ3n) is 1.89. The van der Waals surface area contributed by atoms with E-state index in [1.807, 2.05) is 0 Å². The summed E-state index contributed by atoms with van der Waals surface area (Å²) in [5, 5.41) is 18.9. The van der Waals surface area contributed by atoms with E-state index >= 15 is 0 Å². The summed E-state index contributed by atoms with van der Waals surface area (Å²) in [5.74, 6) is -0.845. The molecule has 6 heteroatoms. The molecule has 0 radical (unpaired) electrons. The average Bonchev–Trinajstić information content (AvgIpc) is 2.35. The van der Waals surface area contributed by atoms with E-state index in [2.05, 4.69) is 0 Å². The molecule has 6 nitrogen and oxygen atoms in total. The molecule has 1 aromatic rings. The van der Waals surface area contributed by atoms with Gasteiger partial charge in [0.05, 0.1) is 10.5 Å². The number of esters is 1. The first-order valence-electron chi connectivity index (χ1n) is 4.61. The summed E-state index contributed by atoms with van der Waals surface area (Å²) < 4.78 is 4.73. The molecule has 0 amide bonds. The number of rotatable bonds is 3. The molecular formula is C11H8N2O4. The zero-order chi connectivity index (χ0) is 12.8. The fourth-order valence-corrected chi connectivity index (χ4v) is 1.02. The number of nitro groups is 1. The molecule has 0 N–H and O–H groups in total. The molecule has 0 aliphatic heterocycles. The van der Waals surface area contributed by atoms with E-state index in [1.54, 1.807) is 13.0 Å². The van der Waals surface area contributed by atoms with Crippen molar-refractivity contribution in [3.05, 3.63) is 51.8 Å². The number of nitrogens with zero attached hydrogens (tertiary/aromatic N) is 2. The van der Waals surface area contributed by atoms with Crippen molar-refractivity contribution >= 4 is 11.7 Å². The van der Waals surface area contributed by atoms with Gasteiger partial charge in [0.25, 0.3) is 5.69 Å². The molecule has 1 aromatic carbocycles. The number of allylic oxidation sites excluding steroid dienone is 2. The molecule has 0 spiro atoms. The smallest absolute Gasteiger partial charge is 0.344 e. The van der Waals surface area contributed by atoms with Gasteiger partial charge in [-0.3, -0.25) is 10.1 Å². The summed E-state index contributed by atoms with van der Waals surface area (Å²) in [6, 6.07) is 6.62. The molecule has 0 aromatic heterocycles. The topological polar surface area (TPSA) is 93.2 Å². The zero-order valence-electron chi connectivity index (χ0n) is 8.91. The molecule has 0 atom stereocenters. The number of hydrogen-bond acceptors (Lipinski definition) is 5. The van der Waals surface area contributed by atoms with E-state index in [9.17, 15) is 14.9 Å². The standard InChI is InChI=1S/C11H8N2O4/c1-2-10(7-12)17-11(14)8-3-5-9(6-4-8)13(15)16/h2-6H,1H3. The molecule has 0 saturated heterocycles. The lowest BCUT2D eigenvalue weighted by Gasteiger charge is -2.01. The summed E-state index contributed by atoms with van der Waals surface area (Å²) in [5.41, 5.74) is 0.0262. The SMILES string of the molecule is CC=C(C#N)OC(=O)c1ccc([N+](=O)[O-])cc1. The summed E-state index contributed by atoms with van der Waals surface area (Å²) in [6.45, 7) is 1.56. The summed E-state index contributed by atoms with van der Waals surface area (Å²) in [7, 11) is 0. The molecule has 0 aliphatic carbocycles. The van der Waals surface area contributed by atoms with Gasteiger partial charge in [-0.25, -0.2) is 4.79 Å². The van der Waals surface area contributed by atoms with E-state index in [1.165, 1.54) is 30.3 Å². The number of ether oxygens (including phenoxy) is 1. The molecule has 0 saturated carbocycles. The highest BCUT2D eigenvalue weighted by molar-refractivity contribution is 5.90. The Balaban J connectivity index is 2.84. The number of carbonyl (C=O) groups excluding carboxylic acids is 1. The van der Waals surface area contributed by atoms with Gasteiger partial charge in [0.2, 0.25) is 5.76 Å². The lowest BCUT2D eigenvalue weighted by atomic mass is 10.2. The van der Waals surface area contributed by atoms with Gasteiger partial charge in [0.15, 0.2) is 0 Å². The molecule has 0 fully saturated rings. The van der Waals surface area contributed by atoms with Crippen LogP contribution in [0.15, 0.2) is 36.1 Å². The third kappa shape index (κ3) is 3.14. The van der Waals surface area contributed by atoms with Crippen LogP contribution in [-0.2, 0) is 4.74 Å². The van der Waals surface area contributed by atoms with Gasteiger partial charge in [-0.1, -0.05) is 0 Å². The minimum atomic E-state index is -0.727. The minimum absolute atomic E-state index is 0.117.